The van der Waals surface area contributed by atoms with Crippen LogP contribution in [0.1, 0.15) is 24.7 Å². The molecule has 2 aromatic rings. The van der Waals surface area contributed by atoms with E-state index in [0.717, 1.165) is 36.0 Å². The molecule has 2 rings (SSSR count). The van der Waals surface area contributed by atoms with Crippen molar-refractivity contribution in [2.24, 2.45) is 0 Å². The second-order valence-electron chi connectivity index (χ2n) is 4.70. The third-order valence-corrected chi connectivity index (χ3v) is 3.74. The zero-order chi connectivity index (χ0) is 13.5. The van der Waals surface area contributed by atoms with E-state index in [1.54, 1.807) is 6.26 Å². The lowest BCUT2D eigenvalue weighted by molar-refractivity contribution is 0.448. The first-order valence-electron chi connectivity index (χ1n) is 6.78. The highest BCUT2D eigenvalue weighted by molar-refractivity contribution is 9.10. The van der Waals surface area contributed by atoms with Crippen molar-refractivity contribution >= 4 is 15.9 Å². The first-order valence-corrected chi connectivity index (χ1v) is 7.57. The number of benzene rings is 1. The van der Waals surface area contributed by atoms with Crippen LogP contribution in [0.15, 0.2) is 51.6 Å². The molecule has 0 saturated carbocycles. The first kappa shape index (κ1) is 14.4. The Bertz CT molecular complexity index is 464. The van der Waals surface area contributed by atoms with Crippen LogP contribution < -0.4 is 5.32 Å². The molecule has 0 fully saturated rings. The van der Waals surface area contributed by atoms with Crippen molar-refractivity contribution < 1.29 is 4.42 Å². The highest BCUT2D eigenvalue weighted by Crippen LogP contribution is 2.14. The molecule has 0 bridgehead atoms. The van der Waals surface area contributed by atoms with Gasteiger partial charge < -0.3 is 9.73 Å². The highest BCUT2D eigenvalue weighted by Gasteiger charge is 2.09. The molecule has 1 aromatic heterocycles. The highest BCUT2D eigenvalue weighted by atomic mass is 79.9. The van der Waals surface area contributed by atoms with E-state index in [9.17, 15) is 0 Å². The summed E-state index contributed by atoms with van der Waals surface area (Å²) in [5, 5.41) is 3.55. The first-order chi connectivity index (χ1) is 9.28. The number of hydrogen-bond donors (Lipinski definition) is 1. The van der Waals surface area contributed by atoms with Gasteiger partial charge in [-0.05, 0) is 49.2 Å². The standard InChI is InChI=1S/C16H20BrNO/c1-2-18-15(9-10-16-4-3-11-19-16)12-13-5-7-14(17)8-6-13/h3-8,11,15,18H,2,9-10,12H2,1H3. The topological polar surface area (TPSA) is 25.2 Å². The molecule has 1 aromatic carbocycles. The normalized spacial score (nSPS) is 12.5. The van der Waals surface area contributed by atoms with Crippen LogP contribution in [0.5, 0.6) is 0 Å². The van der Waals surface area contributed by atoms with Gasteiger partial charge in [-0.2, -0.15) is 0 Å². The molecule has 2 nitrogen and oxygen atoms in total. The van der Waals surface area contributed by atoms with Gasteiger partial charge in [0.05, 0.1) is 6.26 Å². The smallest absolute Gasteiger partial charge is 0.103 e. The molecule has 0 aliphatic carbocycles. The Morgan fingerprint density at radius 3 is 2.63 bits per heavy atom. The molecule has 0 aliphatic heterocycles. The lowest BCUT2D eigenvalue weighted by Gasteiger charge is -2.17. The minimum atomic E-state index is 0.497. The van der Waals surface area contributed by atoms with Gasteiger partial charge in [-0.3, -0.25) is 0 Å². The van der Waals surface area contributed by atoms with Gasteiger partial charge in [-0.1, -0.05) is 35.0 Å². The maximum atomic E-state index is 5.39. The Morgan fingerprint density at radius 1 is 1.21 bits per heavy atom. The average Bonchev–Trinajstić information content (AvgIpc) is 2.92. The van der Waals surface area contributed by atoms with Crippen molar-refractivity contribution in [1.29, 1.82) is 0 Å². The van der Waals surface area contributed by atoms with Gasteiger partial charge in [-0.25, -0.2) is 0 Å². The van der Waals surface area contributed by atoms with Crippen LogP contribution in [0.25, 0.3) is 0 Å². The molecule has 1 N–H and O–H groups in total. The van der Waals surface area contributed by atoms with Crippen LogP contribution in [0, 0.1) is 0 Å². The fourth-order valence-corrected chi connectivity index (χ4v) is 2.51. The predicted molar refractivity (Wildman–Crippen MR) is 82.3 cm³/mol. The number of likely N-dealkylation sites (N-methyl/N-ethyl adjacent to an activating group) is 1. The van der Waals surface area contributed by atoms with Gasteiger partial charge in [0.25, 0.3) is 0 Å². The van der Waals surface area contributed by atoms with Crippen molar-refractivity contribution in [3.63, 3.8) is 0 Å². The van der Waals surface area contributed by atoms with Crippen LogP contribution in [0.4, 0.5) is 0 Å². The summed E-state index contributed by atoms with van der Waals surface area (Å²) in [5.74, 6) is 1.07. The molecule has 1 unspecified atom stereocenters. The monoisotopic (exact) mass is 321 g/mol. The molecule has 3 heteroatoms. The van der Waals surface area contributed by atoms with E-state index in [1.807, 2.05) is 12.1 Å². The third-order valence-electron chi connectivity index (χ3n) is 3.21. The van der Waals surface area contributed by atoms with Crippen LogP contribution in [-0.4, -0.2) is 12.6 Å². The van der Waals surface area contributed by atoms with Crippen LogP contribution in [-0.2, 0) is 12.8 Å². The van der Waals surface area contributed by atoms with Gasteiger partial charge in [0.15, 0.2) is 0 Å². The molecule has 19 heavy (non-hydrogen) atoms. The van der Waals surface area contributed by atoms with Crippen LogP contribution >= 0.6 is 15.9 Å². The van der Waals surface area contributed by atoms with Gasteiger partial charge in [0.2, 0.25) is 0 Å². The Morgan fingerprint density at radius 2 is 2.00 bits per heavy atom. The van der Waals surface area contributed by atoms with E-state index in [4.69, 9.17) is 4.42 Å². The Labute approximate surface area is 123 Å². The predicted octanol–water partition coefficient (Wildman–Crippen LogP) is 4.20. The molecule has 1 atom stereocenters. The van der Waals surface area contributed by atoms with Crippen molar-refractivity contribution in [3.8, 4) is 0 Å². The van der Waals surface area contributed by atoms with Crippen molar-refractivity contribution in [2.75, 3.05) is 6.54 Å². The van der Waals surface area contributed by atoms with Crippen molar-refractivity contribution in [2.45, 2.75) is 32.2 Å². The van der Waals surface area contributed by atoms with E-state index in [-0.39, 0.29) is 0 Å². The Hall–Kier alpha value is -1.06. The quantitative estimate of drug-likeness (QED) is 0.827. The van der Waals surface area contributed by atoms with E-state index in [1.165, 1.54) is 5.56 Å². The maximum absolute atomic E-state index is 5.39. The SMILES string of the molecule is CCNC(CCc1ccco1)Cc1ccc(Br)cc1. The van der Waals surface area contributed by atoms with Crippen LogP contribution in [0.2, 0.25) is 0 Å². The van der Waals surface area contributed by atoms with Crippen LogP contribution in [0.3, 0.4) is 0 Å². The molecule has 0 radical (unpaired) electrons. The number of aryl methyl sites for hydroxylation is 1. The summed E-state index contributed by atoms with van der Waals surface area (Å²) in [7, 11) is 0. The second kappa shape index (κ2) is 7.51. The lowest BCUT2D eigenvalue weighted by Crippen LogP contribution is -2.31. The van der Waals surface area contributed by atoms with E-state index in [0.29, 0.717) is 6.04 Å². The fourth-order valence-electron chi connectivity index (χ4n) is 2.24. The van der Waals surface area contributed by atoms with E-state index < -0.39 is 0 Å². The molecular weight excluding hydrogens is 302 g/mol. The minimum Gasteiger partial charge on any atom is -0.469 e. The summed E-state index contributed by atoms with van der Waals surface area (Å²) in [6, 6.07) is 13.1. The summed E-state index contributed by atoms with van der Waals surface area (Å²) in [6.45, 7) is 3.15. The van der Waals surface area contributed by atoms with Gasteiger partial charge in [-0.15, -0.1) is 0 Å². The molecule has 0 aliphatic rings. The summed E-state index contributed by atoms with van der Waals surface area (Å²) < 4.78 is 6.53. The molecule has 0 spiro atoms. The van der Waals surface area contributed by atoms with Crippen molar-refractivity contribution in [1.82, 2.24) is 5.32 Å². The Kier molecular flexibility index (Phi) is 5.67. The minimum absolute atomic E-state index is 0.497. The van der Waals surface area contributed by atoms with Gasteiger partial charge in [0.1, 0.15) is 5.76 Å². The summed E-state index contributed by atoms with van der Waals surface area (Å²) in [6.07, 6.45) is 4.88. The largest absolute Gasteiger partial charge is 0.469 e. The number of nitrogens with one attached hydrogen (secondary N) is 1. The number of hydrogen-bond acceptors (Lipinski definition) is 2. The number of halogens is 1. The molecule has 1 heterocycles. The van der Waals surface area contributed by atoms with E-state index >= 15 is 0 Å². The second-order valence-corrected chi connectivity index (χ2v) is 5.62. The maximum Gasteiger partial charge on any atom is 0.103 e. The molecular formula is C16H20BrNO. The Balaban J connectivity index is 1.89. The van der Waals surface area contributed by atoms with E-state index in [2.05, 4.69) is 52.4 Å². The summed E-state index contributed by atoms with van der Waals surface area (Å²) >= 11 is 3.47. The molecule has 0 amide bonds. The summed E-state index contributed by atoms with van der Waals surface area (Å²) in [5.41, 5.74) is 1.37. The molecule has 0 saturated heterocycles. The van der Waals surface area contributed by atoms with Gasteiger partial charge in [0, 0.05) is 16.9 Å². The lowest BCUT2D eigenvalue weighted by atomic mass is 10.0. The summed E-state index contributed by atoms with van der Waals surface area (Å²) in [4.78, 5) is 0. The molecule has 102 valence electrons. The zero-order valence-corrected chi connectivity index (χ0v) is 12.8. The number of furan rings is 1. The number of rotatable bonds is 7. The fraction of sp³-hybridized carbons (Fsp3) is 0.375. The zero-order valence-electron chi connectivity index (χ0n) is 11.2. The van der Waals surface area contributed by atoms with Gasteiger partial charge >= 0.3 is 0 Å². The average molecular weight is 322 g/mol. The third kappa shape index (κ3) is 4.84. The van der Waals surface area contributed by atoms with Crippen molar-refractivity contribution in [3.05, 3.63) is 58.5 Å².